The molecule has 0 spiro atoms. The number of carboxylic acids is 2. The van der Waals surface area contributed by atoms with E-state index in [4.69, 9.17) is 19.7 Å². The van der Waals surface area contributed by atoms with E-state index >= 15 is 0 Å². The summed E-state index contributed by atoms with van der Waals surface area (Å²) in [6.45, 7) is 4.47. The molecule has 43 heavy (non-hydrogen) atoms. The van der Waals surface area contributed by atoms with Crippen molar-refractivity contribution in [3.8, 4) is 17.9 Å². The van der Waals surface area contributed by atoms with Crippen LogP contribution in [0.25, 0.3) is 0 Å². The molecular formula is C26H26F3N5O9. The first-order valence-electron chi connectivity index (χ1n) is 12.5. The van der Waals surface area contributed by atoms with Gasteiger partial charge in [0.15, 0.2) is 12.2 Å². The summed E-state index contributed by atoms with van der Waals surface area (Å²) in [6, 6.07) is 4.63. The Balaban J connectivity index is 0.000000557. The highest BCUT2D eigenvalue weighted by atomic mass is 19.4. The number of alkyl halides is 3. The van der Waals surface area contributed by atoms with Crippen LogP contribution < -0.4 is 4.74 Å². The predicted molar refractivity (Wildman–Crippen MR) is 140 cm³/mol. The number of aliphatic carboxylic acids is 2. The van der Waals surface area contributed by atoms with Gasteiger partial charge in [-0.25, -0.2) is 14.4 Å². The lowest BCUT2D eigenvalue weighted by atomic mass is 10.1. The van der Waals surface area contributed by atoms with Crippen molar-refractivity contribution in [1.29, 1.82) is 0 Å². The van der Waals surface area contributed by atoms with E-state index in [1.807, 2.05) is 6.92 Å². The third kappa shape index (κ3) is 9.46. The lowest BCUT2D eigenvalue weighted by Gasteiger charge is -2.37. The van der Waals surface area contributed by atoms with Gasteiger partial charge in [0, 0.05) is 50.4 Å². The monoisotopic (exact) mass is 609 g/mol. The maximum Gasteiger partial charge on any atom is 0.416 e. The van der Waals surface area contributed by atoms with Crippen molar-refractivity contribution >= 4 is 23.8 Å². The Bertz CT molecular complexity index is 1420. The van der Waals surface area contributed by atoms with Crippen molar-refractivity contribution in [3.05, 3.63) is 63.9 Å². The summed E-state index contributed by atoms with van der Waals surface area (Å²) in [5, 5.41) is 26.7. The first-order valence-corrected chi connectivity index (χ1v) is 12.5. The molecule has 14 nitrogen and oxygen atoms in total. The largest absolute Gasteiger partial charge is 0.478 e. The van der Waals surface area contributed by atoms with E-state index in [1.54, 1.807) is 4.90 Å². The number of carbonyl (C=O) groups is 3. The van der Waals surface area contributed by atoms with Crippen molar-refractivity contribution < 1.29 is 52.2 Å². The van der Waals surface area contributed by atoms with Gasteiger partial charge in [0.2, 0.25) is 0 Å². The number of amides is 1. The van der Waals surface area contributed by atoms with Crippen LogP contribution in [0.4, 0.5) is 23.8 Å². The minimum Gasteiger partial charge on any atom is -0.478 e. The first kappa shape index (κ1) is 32.4. The van der Waals surface area contributed by atoms with E-state index in [2.05, 4.69) is 21.7 Å². The lowest BCUT2D eigenvalue weighted by molar-refractivity contribution is -0.392. The van der Waals surface area contributed by atoms with Crippen LogP contribution in [0, 0.1) is 22.0 Å². The van der Waals surface area contributed by atoms with Crippen LogP contribution in [0.15, 0.2) is 42.6 Å². The number of aromatic nitrogens is 2. The van der Waals surface area contributed by atoms with E-state index in [9.17, 15) is 37.7 Å². The zero-order valence-electron chi connectivity index (χ0n) is 22.6. The van der Waals surface area contributed by atoms with Crippen molar-refractivity contribution in [2.75, 3.05) is 39.3 Å². The fourth-order valence-electron chi connectivity index (χ4n) is 4.17. The Morgan fingerprint density at radius 2 is 1.74 bits per heavy atom. The van der Waals surface area contributed by atoms with Crippen molar-refractivity contribution in [1.82, 2.24) is 19.4 Å². The molecule has 1 fully saturated rings. The van der Waals surface area contributed by atoms with Crippen LogP contribution >= 0.6 is 0 Å². The molecule has 2 aliphatic heterocycles. The van der Waals surface area contributed by atoms with Crippen LogP contribution in [0.5, 0.6) is 6.01 Å². The zero-order chi connectivity index (χ0) is 31.8. The van der Waals surface area contributed by atoms with Crippen molar-refractivity contribution in [2.45, 2.75) is 25.2 Å². The van der Waals surface area contributed by atoms with Gasteiger partial charge in [0.05, 0.1) is 5.56 Å². The summed E-state index contributed by atoms with van der Waals surface area (Å²) >= 11 is 0. The number of nitrogens with zero attached hydrogens (tertiary/aromatic N) is 5. The standard InChI is InChI=1S/C22H22F3N5O5.C4H4O4/c1-21(15-29-18(30(32)33)13-26-19(29)35-21)14-27-8-10-28(11-9-27)20(31)34-12-2-3-16-4-6-17(7-5-16)22(23,24)25;5-3(6)1-2-4(7)8/h4-7,13H,8-12,14-15H2,1H3;1-2H,(H,5,6)(H,7,8)/b;2-1-. The van der Waals surface area contributed by atoms with Crippen LogP contribution in [-0.4, -0.2) is 97.5 Å². The Labute approximate surface area is 242 Å². The van der Waals surface area contributed by atoms with Crippen molar-refractivity contribution in [2.24, 2.45) is 0 Å². The fraction of sp³-hybridized carbons (Fsp3) is 0.385. The molecule has 2 aliphatic rings. The number of hydrogen-bond acceptors (Lipinski definition) is 9. The van der Waals surface area contributed by atoms with E-state index < -0.39 is 40.3 Å². The number of carboxylic acid groups (broad SMARTS) is 2. The number of fused-ring (bicyclic) bond motifs is 1. The van der Waals surface area contributed by atoms with Gasteiger partial charge < -0.3 is 34.7 Å². The molecule has 2 aromatic rings. The molecule has 3 heterocycles. The summed E-state index contributed by atoms with van der Waals surface area (Å²) in [4.78, 5) is 49.6. The molecule has 1 aromatic heterocycles. The quantitative estimate of drug-likeness (QED) is 0.213. The highest BCUT2D eigenvalue weighted by Gasteiger charge is 2.44. The Hall–Kier alpha value is -5.11. The molecule has 1 saturated heterocycles. The molecule has 2 N–H and O–H groups in total. The second kappa shape index (κ2) is 13.7. The summed E-state index contributed by atoms with van der Waals surface area (Å²) < 4.78 is 50.2. The second-order valence-electron chi connectivity index (χ2n) is 9.50. The maximum atomic E-state index is 12.6. The highest BCUT2D eigenvalue weighted by molar-refractivity contribution is 5.89. The van der Waals surface area contributed by atoms with Gasteiger partial charge >= 0.3 is 36.0 Å². The summed E-state index contributed by atoms with van der Waals surface area (Å²) in [6.07, 6.45) is -2.64. The molecule has 1 amide bonds. The fourth-order valence-corrected chi connectivity index (χ4v) is 4.17. The van der Waals surface area contributed by atoms with Crippen LogP contribution in [-0.2, 0) is 27.0 Å². The summed E-state index contributed by atoms with van der Waals surface area (Å²) in [5.74, 6) is 2.66. The highest BCUT2D eigenvalue weighted by Crippen LogP contribution is 2.33. The van der Waals surface area contributed by atoms with E-state index in [-0.39, 0.29) is 18.4 Å². The molecule has 17 heteroatoms. The molecule has 4 rings (SSSR count). The van der Waals surface area contributed by atoms with Gasteiger partial charge in [-0.2, -0.15) is 22.7 Å². The molecule has 1 aromatic carbocycles. The van der Waals surface area contributed by atoms with Gasteiger partial charge in [-0.1, -0.05) is 11.8 Å². The normalized spacial score (nSPS) is 18.0. The minimum absolute atomic E-state index is 0.113. The molecule has 0 saturated carbocycles. The molecule has 0 bridgehead atoms. The van der Waals surface area contributed by atoms with Gasteiger partial charge in [-0.05, 0) is 36.1 Å². The van der Waals surface area contributed by atoms with Crippen LogP contribution in [0.1, 0.15) is 18.1 Å². The van der Waals surface area contributed by atoms with Crippen LogP contribution in [0.2, 0.25) is 0 Å². The van der Waals surface area contributed by atoms with Crippen LogP contribution in [0.3, 0.4) is 0 Å². The first-order chi connectivity index (χ1) is 20.2. The average Bonchev–Trinajstić information content (AvgIpc) is 3.46. The van der Waals surface area contributed by atoms with Gasteiger partial charge in [-0.15, -0.1) is 0 Å². The third-order valence-electron chi connectivity index (χ3n) is 6.09. The molecule has 1 atom stereocenters. The van der Waals surface area contributed by atoms with E-state index in [0.29, 0.717) is 57.0 Å². The number of benzene rings is 1. The number of ether oxygens (including phenoxy) is 2. The maximum absolute atomic E-state index is 12.6. The average molecular weight is 610 g/mol. The number of imidazole rings is 1. The Morgan fingerprint density at radius 1 is 1.14 bits per heavy atom. The van der Waals surface area contributed by atoms with Gasteiger partial charge in [0.1, 0.15) is 12.7 Å². The Kier molecular flexibility index (Phi) is 10.3. The number of piperazine rings is 1. The van der Waals surface area contributed by atoms with Gasteiger partial charge in [0.25, 0.3) is 0 Å². The minimum atomic E-state index is -4.41. The smallest absolute Gasteiger partial charge is 0.416 e. The zero-order valence-corrected chi connectivity index (χ0v) is 22.6. The molecular weight excluding hydrogens is 583 g/mol. The number of carbonyl (C=O) groups excluding carboxylic acids is 1. The molecule has 0 aliphatic carbocycles. The summed E-state index contributed by atoms with van der Waals surface area (Å²) in [7, 11) is 0. The number of halogens is 3. The lowest BCUT2D eigenvalue weighted by Crippen LogP contribution is -2.54. The molecule has 230 valence electrons. The van der Waals surface area contributed by atoms with E-state index in [0.717, 1.165) is 12.1 Å². The predicted octanol–water partition coefficient (Wildman–Crippen LogP) is 2.48. The second-order valence-corrected chi connectivity index (χ2v) is 9.50. The van der Waals surface area contributed by atoms with Crippen molar-refractivity contribution in [3.63, 3.8) is 0 Å². The number of hydrogen-bond donors (Lipinski definition) is 2. The third-order valence-corrected chi connectivity index (χ3v) is 6.09. The molecule has 0 radical (unpaired) electrons. The number of rotatable bonds is 6. The Morgan fingerprint density at radius 3 is 2.28 bits per heavy atom. The van der Waals surface area contributed by atoms with E-state index in [1.165, 1.54) is 22.9 Å². The topological polar surface area (TPSA) is 178 Å². The molecule has 1 unspecified atom stereocenters. The van der Waals surface area contributed by atoms with Gasteiger partial charge in [-0.3, -0.25) is 4.90 Å². The SMILES string of the molecule is CC1(CN2CCN(C(=O)OCC#Cc3ccc(C(F)(F)F)cc3)CC2)Cn2c([N+](=O)[O-])cnc2O1.O=C(O)/C=C\C(=O)O. The number of nitro groups is 1. The summed E-state index contributed by atoms with van der Waals surface area (Å²) in [5.41, 5.74) is -1.04.